The first-order valence-electron chi connectivity index (χ1n) is 9.14. The standard InChI is InChI=1S/C21H26N2O3/c24-21(16-26-20-10-12-22-13-11-20)23-14-17-6-8-19(9-7-17)25-15-18-4-2-1-3-5-18/h1-9,20,22H,10-16H2,(H,23,24). The molecule has 2 aromatic rings. The van der Waals surface area contributed by atoms with Crippen LogP contribution in [-0.2, 0) is 22.7 Å². The fourth-order valence-corrected chi connectivity index (χ4v) is 2.85. The van der Waals surface area contributed by atoms with Gasteiger partial charge in [-0.3, -0.25) is 4.79 Å². The van der Waals surface area contributed by atoms with Crippen LogP contribution in [0.4, 0.5) is 0 Å². The van der Waals surface area contributed by atoms with E-state index in [2.05, 4.69) is 10.6 Å². The van der Waals surface area contributed by atoms with Crippen molar-refractivity contribution in [3.8, 4) is 5.75 Å². The fraction of sp³-hybridized carbons (Fsp3) is 0.381. The Hall–Kier alpha value is -2.37. The fourth-order valence-electron chi connectivity index (χ4n) is 2.85. The summed E-state index contributed by atoms with van der Waals surface area (Å²) in [6.07, 6.45) is 2.14. The first-order valence-corrected chi connectivity index (χ1v) is 9.14. The second-order valence-corrected chi connectivity index (χ2v) is 6.46. The summed E-state index contributed by atoms with van der Waals surface area (Å²) in [5.74, 6) is 0.742. The van der Waals surface area contributed by atoms with E-state index in [0.717, 1.165) is 42.8 Å². The van der Waals surface area contributed by atoms with Crippen LogP contribution in [0, 0.1) is 0 Å². The van der Waals surface area contributed by atoms with Gasteiger partial charge in [0.05, 0.1) is 6.10 Å². The lowest BCUT2D eigenvalue weighted by Crippen LogP contribution is -2.35. The van der Waals surface area contributed by atoms with Crippen LogP contribution in [0.1, 0.15) is 24.0 Å². The largest absolute Gasteiger partial charge is 0.489 e. The van der Waals surface area contributed by atoms with Gasteiger partial charge in [-0.05, 0) is 49.2 Å². The Bertz CT molecular complexity index is 667. The van der Waals surface area contributed by atoms with Crippen LogP contribution in [0.5, 0.6) is 5.75 Å². The van der Waals surface area contributed by atoms with E-state index in [1.54, 1.807) is 0 Å². The summed E-state index contributed by atoms with van der Waals surface area (Å²) >= 11 is 0. The summed E-state index contributed by atoms with van der Waals surface area (Å²) in [5, 5.41) is 6.18. The number of carbonyl (C=O) groups excluding carboxylic acids is 1. The molecule has 0 unspecified atom stereocenters. The molecule has 1 aliphatic heterocycles. The van der Waals surface area contributed by atoms with E-state index in [0.29, 0.717) is 13.2 Å². The molecule has 0 spiro atoms. The van der Waals surface area contributed by atoms with Crippen LogP contribution in [0.15, 0.2) is 54.6 Å². The third kappa shape index (κ3) is 6.17. The summed E-state index contributed by atoms with van der Waals surface area (Å²) in [6, 6.07) is 17.8. The predicted octanol–water partition coefficient (Wildman–Crippen LogP) is 2.65. The third-order valence-corrected chi connectivity index (χ3v) is 4.40. The van der Waals surface area contributed by atoms with Gasteiger partial charge >= 0.3 is 0 Å². The first-order chi connectivity index (χ1) is 12.8. The van der Waals surface area contributed by atoms with Crippen LogP contribution in [0.2, 0.25) is 0 Å². The molecule has 0 atom stereocenters. The van der Waals surface area contributed by atoms with Crippen molar-refractivity contribution in [1.29, 1.82) is 0 Å². The van der Waals surface area contributed by atoms with Gasteiger partial charge in [-0.25, -0.2) is 0 Å². The van der Waals surface area contributed by atoms with Gasteiger partial charge in [-0.15, -0.1) is 0 Å². The molecule has 3 rings (SSSR count). The molecule has 0 radical (unpaired) electrons. The molecule has 0 aliphatic carbocycles. The van der Waals surface area contributed by atoms with E-state index in [-0.39, 0.29) is 18.6 Å². The number of nitrogens with one attached hydrogen (secondary N) is 2. The average Bonchev–Trinajstić information content (AvgIpc) is 2.71. The number of ether oxygens (including phenoxy) is 2. The minimum atomic E-state index is -0.0760. The zero-order chi connectivity index (χ0) is 18.0. The Kier molecular flexibility index (Phi) is 7.05. The van der Waals surface area contributed by atoms with Crippen molar-refractivity contribution >= 4 is 5.91 Å². The predicted molar refractivity (Wildman–Crippen MR) is 101 cm³/mol. The molecular weight excluding hydrogens is 328 g/mol. The van der Waals surface area contributed by atoms with Gasteiger partial charge < -0.3 is 20.1 Å². The Morgan fingerprint density at radius 1 is 1.00 bits per heavy atom. The van der Waals surface area contributed by atoms with E-state index in [1.165, 1.54) is 0 Å². The molecule has 1 aliphatic rings. The van der Waals surface area contributed by atoms with Gasteiger partial charge in [0.1, 0.15) is 19.0 Å². The monoisotopic (exact) mass is 354 g/mol. The Labute approximate surface area is 154 Å². The number of amides is 1. The topological polar surface area (TPSA) is 59.6 Å². The molecule has 138 valence electrons. The average molecular weight is 354 g/mol. The molecule has 5 heteroatoms. The minimum absolute atomic E-state index is 0.0760. The highest BCUT2D eigenvalue weighted by Gasteiger charge is 2.14. The summed E-state index contributed by atoms with van der Waals surface area (Å²) in [4.78, 5) is 11.9. The molecule has 2 aromatic carbocycles. The van der Waals surface area contributed by atoms with Crippen LogP contribution < -0.4 is 15.4 Å². The molecule has 2 N–H and O–H groups in total. The lowest BCUT2D eigenvalue weighted by Gasteiger charge is -2.22. The van der Waals surface area contributed by atoms with Crippen LogP contribution in [-0.4, -0.2) is 31.7 Å². The van der Waals surface area contributed by atoms with Crippen LogP contribution >= 0.6 is 0 Å². The van der Waals surface area contributed by atoms with E-state index < -0.39 is 0 Å². The number of benzene rings is 2. The van der Waals surface area contributed by atoms with Crippen LogP contribution in [0.3, 0.4) is 0 Å². The minimum Gasteiger partial charge on any atom is -0.489 e. The second kappa shape index (κ2) is 9.94. The number of hydrogen-bond donors (Lipinski definition) is 2. The smallest absolute Gasteiger partial charge is 0.246 e. The van der Waals surface area contributed by atoms with Crippen LogP contribution in [0.25, 0.3) is 0 Å². The summed E-state index contributed by atoms with van der Waals surface area (Å²) < 4.78 is 11.4. The molecule has 0 saturated carbocycles. The Morgan fingerprint density at radius 3 is 2.46 bits per heavy atom. The van der Waals surface area contributed by atoms with Crippen molar-refractivity contribution in [2.45, 2.75) is 32.1 Å². The van der Waals surface area contributed by atoms with Crippen molar-refractivity contribution in [1.82, 2.24) is 10.6 Å². The molecule has 5 nitrogen and oxygen atoms in total. The maximum absolute atomic E-state index is 11.9. The zero-order valence-electron chi connectivity index (χ0n) is 14.9. The number of carbonyl (C=O) groups is 1. The Morgan fingerprint density at radius 2 is 1.73 bits per heavy atom. The summed E-state index contributed by atoms with van der Waals surface area (Å²) in [6.45, 7) is 3.09. The number of hydrogen-bond acceptors (Lipinski definition) is 4. The van der Waals surface area contributed by atoms with Gasteiger partial charge in [-0.2, -0.15) is 0 Å². The SMILES string of the molecule is O=C(COC1CCNCC1)NCc1ccc(OCc2ccccc2)cc1. The van der Waals surface area contributed by atoms with Crippen molar-refractivity contribution in [2.75, 3.05) is 19.7 Å². The van der Waals surface area contributed by atoms with Crippen molar-refractivity contribution in [3.05, 3.63) is 65.7 Å². The molecule has 0 aromatic heterocycles. The highest BCUT2D eigenvalue weighted by molar-refractivity contribution is 5.77. The van der Waals surface area contributed by atoms with Crippen molar-refractivity contribution in [3.63, 3.8) is 0 Å². The maximum atomic E-state index is 11.9. The maximum Gasteiger partial charge on any atom is 0.246 e. The molecule has 26 heavy (non-hydrogen) atoms. The highest BCUT2D eigenvalue weighted by Crippen LogP contribution is 2.14. The molecule has 1 saturated heterocycles. The van der Waals surface area contributed by atoms with Gasteiger partial charge in [0.15, 0.2) is 0 Å². The van der Waals surface area contributed by atoms with Gasteiger partial charge in [0.2, 0.25) is 5.91 Å². The molecule has 1 heterocycles. The van der Waals surface area contributed by atoms with E-state index >= 15 is 0 Å². The lowest BCUT2D eigenvalue weighted by atomic mass is 10.1. The number of piperidine rings is 1. The molecular formula is C21H26N2O3. The summed E-state index contributed by atoms with van der Waals surface area (Å²) in [5.41, 5.74) is 2.17. The Balaban J connectivity index is 1.36. The first kappa shape index (κ1) is 18.4. The zero-order valence-corrected chi connectivity index (χ0v) is 14.9. The van der Waals surface area contributed by atoms with E-state index in [9.17, 15) is 4.79 Å². The van der Waals surface area contributed by atoms with E-state index in [1.807, 2.05) is 54.6 Å². The van der Waals surface area contributed by atoms with Crippen molar-refractivity contribution < 1.29 is 14.3 Å². The highest BCUT2D eigenvalue weighted by atomic mass is 16.5. The van der Waals surface area contributed by atoms with E-state index in [4.69, 9.17) is 9.47 Å². The molecule has 1 amide bonds. The van der Waals surface area contributed by atoms with Gasteiger partial charge in [0.25, 0.3) is 0 Å². The normalized spacial score (nSPS) is 14.8. The van der Waals surface area contributed by atoms with Crippen molar-refractivity contribution in [2.24, 2.45) is 0 Å². The second-order valence-electron chi connectivity index (χ2n) is 6.46. The lowest BCUT2D eigenvalue weighted by molar-refractivity contribution is -0.128. The summed E-state index contributed by atoms with van der Waals surface area (Å²) in [7, 11) is 0. The molecule has 0 bridgehead atoms. The van der Waals surface area contributed by atoms with Gasteiger partial charge in [0, 0.05) is 6.54 Å². The quantitative estimate of drug-likeness (QED) is 0.765. The number of rotatable bonds is 8. The van der Waals surface area contributed by atoms with Gasteiger partial charge in [-0.1, -0.05) is 42.5 Å². The molecule has 1 fully saturated rings. The third-order valence-electron chi connectivity index (χ3n) is 4.40.